The van der Waals surface area contributed by atoms with Crippen molar-refractivity contribution in [3.8, 4) is 0 Å². The smallest absolute Gasteiger partial charge is 0.160 e. The molecule has 0 aliphatic heterocycles. The van der Waals surface area contributed by atoms with Crippen LogP contribution < -0.4 is 0 Å². The Hall–Kier alpha value is 1.34. The van der Waals surface area contributed by atoms with E-state index in [1.807, 2.05) is 0 Å². The van der Waals surface area contributed by atoms with Crippen LogP contribution in [0.5, 0.6) is 0 Å². The van der Waals surface area contributed by atoms with Crippen LogP contribution in [-0.4, -0.2) is 33.6 Å². The zero-order valence-corrected chi connectivity index (χ0v) is 34.8. The van der Waals surface area contributed by atoms with Gasteiger partial charge in [-0.15, -0.1) is 0 Å². The van der Waals surface area contributed by atoms with E-state index in [2.05, 4.69) is 114 Å². The van der Waals surface area contributed by atoms with Gasteiger partial charge in [-0.1, -0.05) is 140 Å². The lowest BCUT2D eigenvalue weighted by Gasteiger charge is -2.27. The summed E-state index contributed by atoms with van der Waals surface area (Å²) in [7, 11) is 0. The predicted molar refractivity (Wildman–Crippen MR) is 208 cm³/mol. The molecule has 0 rings (SSSR count). The highest BCUT2D eigenvalue weighted by Gasteiger charge is 2.20. The predicted octanol–water partition coefficient (Wildman–Crippen LogP) is 13.4. The molecule has 0 aromatic heterocycles. The maximum absolute atomic E-state index is 6.60. The van der Waals surface area contributed by atoms with Crippen LogP contribution in [0.4, 0.5) is 0 Å². The molecule has 0 heterocycles. The van der Waals surface area contributed by atoms with E-state index in [1.165, 1.54) is 51.4 Å². The van der Waals surface area contributed by atoms with Crippen molar-refractivity contribution in [1.29, 1.82) is 0 Å². The third kappa shape index (κ3) is 28.1. The zero-order valence-electron chi connectivity index (χ0n) is 30.5. The van der Waals surface area contributed by atoms with E-state index < -0.39 is 0 Å². The lowest BCUT2D eigenvalue weighted by atomic mass is 9.86. The van der Waals surface area contributed by atoms with Crippen molar-refractivity contribution in [1.82, 2.24) is 0 Å². The van der Waals surface area contributed by atoms with Crippen molar-refractivity contribution >= 4 is 45.2 Å². The van der Waals surface area contributed by atoms with Crippen LogP contribution in [0.2, 0.25) is 0 Å². The summed E-state index contributed by atoms with van der Waals surface area (Å²) >= 11 is 5.14. The third-order valence-electron chi connectivity index (χ3n) is 8.85. The van der Waals surface area contributed by atoms with Crippen LogP contribution >= 0.6 is 45.2 Å². The Morgan fingerprint density at radius 1 is 0.419 bits per heavy atom. The van der Waals surface area contributed by atoms with Gasteiger partial charge in [0, 0.05) is 21.1 Å². The van der Waals surface area contributed by atoms with Gasteiger partial charge >= 0.3 is 0 Å². The van der Waals surface area contributed by atoms with Crippen LogP contribution in [0.25, 0.3) is 0 Å². The van der Waals surface area contributed by atoms with Crippen molar-refractivity contribution in [2.24, 2.45) is 35.5 Å². The first-order valence-corrected chi connectivity index (χ1v) is 21.0. The number of hydrogen-bond donors (Lipinski definition) is 0. The molecule has 0 aromatic rings. The molecule has 260 valence electrons. The van der Waals surface area contributed by atoms with Crippen LogP contribution in [0.1, 0.15) is 172 Å². The van der Waals surface area contributed by atoms with Gasteiger partial charge in [0.25, 0.3) is 0 Å². The molecule has 0 spiro atoms. The Kier molecular flexibility index (Phi) is 29.2. The first kappa shape index (κ1) is 44.3. The van der Waals surface area contributed by atoms with Gasteiger partial charge in [0.05, 0.1) is 0 Å². The Morgan fingerprint density at radius 2 is 0.744 bits per heavy atom. The highest BCUT2D eigenvalue weighted by Crippen LogP contribution is 2.28. The SMILES string of the molecule is CCCCOC(CCCC(C)CC(C)CC(C)CC(C)I)OC(CCCC(C)CC(C)CC(C)CC(C)I)OCCCC. The molecule has 10 atom stereocenters. The van der Waals surface area contributed by atoms with Gasteiger partial charge in [0.15, 0.2) is 12.6 Å². The maximum atomic E-state index is 6.60. The summed E-state index contributed by atoms with van der Waals surface area (Å²) in [6.07, 6.45) is 19.0. The largest absolute Gasteiger partial charge is 0.353 e. The molecule has 0 saturated heterocycles. The molecule has 0 radical (unpaired) electrons. The minimum absolute atomic E-state index is 0.146. The molecule has 0 amide bonds. The van der Waals surface area contributed by atoms with Gasteiger partial charge in [-0.25, -0.2) is 0 Å². The number of unbranched alkanes of at least 4 members (excludes halogenated alkanes) is 2. The quantitative estimate of drug-likeness (QED) is 0.0312. The van der Waals surface area contributed by atoms with Crippen LogP contribution in [-0.2, 0) is 14.2 Å². The standard InChI is InChI=1S/C38H76I2O3/c1-11-13-21-41-37(19-15-17-29(3)23-31(5)25-33(7)27-35(9)39)43-38(42-22-14-12-2)20-16-18-30(4)24-32(6)26-34(8)28-36(10)40/h29-38H,11-28H2,1-10H3. The Bertz CT molecular complexity index is 552. The summed E-state index contributed by atoms with van der Waals surface area (Å²) in [5, 5.41) is 0. The fraction of sp³-hybridized carbons (Fsp3) is 1.00. The lowest BCUT2D eigenvalue weighted by Crippen LogP contribution is -2.28. The zero-order chi connectivity index (χ0) is 32.6. The van der Waals surface area contributed by atoms with E-state index in [0.717, 1.165) is 108 Å². The van der Waals surface area contributed by atoms with E-state index in [-0.39, 0.29) is 12.6 Å². The molecular formula is C38H76I2O3. The fourth-order valence-corrected chi connectivity index (χ4v) is 8.75. The molecule has 0 bridgehead atoms. The fourth-order valence-electron chi connectivity index (χ4n) is 7.01. The van der Waals surface area contributed by atoms with E-state index in [1.54, 1.807) is 0 Å². The Morgan fingerprint density at radius 3 is 1.07 bits per heavy atom. The molecule has 43 heavy (non-hydrogen) atoms. The van der Waals surface area contributed by atoms with Crippen molar-refractivity contribution < 1.29 is 14.2 Å². The molecule has 0 N–H and O–H groups in total. The second-order valence-electron chi connectivity index (χ2n) is 14.9. The number of ether oxygens (including phenoxy) is 3. The summed E-state index contributed by atoms with van der Waals surface area (Å²) in [4.78, 5) is 0. The van der Waals surface area contributed by atoms with E-state index in [9.17, 15) is 0 Å². The molecule has 3 nitrogen and oxygen atoms in total. The van der Waals surface area contributed by atoms with Gasteiger partial charge in [0.2, 0.25) is 0 Å². The monoisotopic (exact) mass is 834 g/mol. The number of rotatable bonds is 30. The van der Waals surface area contributed by atoms with Crippen molar-refractivity contribution in [2.45, 2.75) is 192 Å². The highest BCUT2D eigenvalue weighted by atomic mass is 127. The topological polar surface area (TPSA) is 27.7 Å². The average molecular weight is 835 g/mol. The van der Waals surface area contributed by atoms with E-state index in [4.69, 9.17) is 14.2 Å². The number of hydrogen-bond acceptors (Lipinski definition) is 3. The normalized spacial score (nSPS) is 19.3. The molecule has 0 fully saturated rings. The van der Waals surface area contributed by atoms with E-state index >= 15 is 0 Å². The first-order chi connectivity index (χ1) is 20.4. The summed E-state index contributed by atoms with van der Waals surface area (Å²) in [6, 6.07) is 0. The van der Waals surface area contributed by atoms with Crippen LogP contribution in [0, 0.1) is 35.5 Å². The molecule has 0 aromatic carbocycles. The molecule has 0 saturated carbocycles. The van der Waals surface area contributed by atoms with Gasteiger partial charge in [0.1, 0.15) is 0 Å². The van der Waals surface area contributed by atoms with Crippen LogP contribution in [0.3, 0.4) is 0 Å². The Labute approximate surface area is 298 Å². The molecular weight excluding hydrogens is 758 g/mol. The minimum atomic E-state index is -0.146. The first-order valence-electron chi connectivity index (χ1n) is 18.5. The second kappa shape index (κ2) is 28.4. The van der Waals surface area contributed by atoms with Gasteiger partial charge in [-0.2, -0.15) is 0 Å². The van der Waals surface area contributed by atoms with Crippen LogP contribution in [0.15, 0.2) is 0 Å². The third-order valence-corrected chi connectivity index (χ3v) is 9.87. The summed E-state index contributed by atoms with van der Waals surface area (Å²) in [6.45, 7) is 25.4. The summed E-state index contributed by atoms with van der Waals surface area (Å²) in [5.74, 6) is 4.77. The molecule has 5 heteroatoms. The number of halogens is 2. The minimum Gasteiger partial charge on any atom is -0.353 e. The van der Waals surface area contributed by atoms with Gasteiger partial charge in [-0.05, 0) is 113 Å². The summed E-state index contributed by atoms with van der Waals surface area (Å²) < 4.78 is 20.8. The molecule has 10 unspecified atom stereocenters. The van der Waals surface area contributed by atoms with E-state index in [0.29, 0.717) is 0 Å². The van der Waals surface area contributed by atoms with Gasteiger partial charge in [-0.3, -0.25) is 0 Å². The number of alkyl halides is 2. The van der Waals surface area contributed by atoms with Gasteiger partial charge < -0.3 is 14.2 Å². The van der Waals surface area contributed by atoms with Crippen molar-refractivity contribution in [3.05, 3.63) is 0 Å². The highest BCUT2D eigenvalue weighted by molar-refractivity contribution is 14.1. The lowest BCUT2D eigenvalue weighted by molar-refractivity contribution is -0.250. The molecule has 0 aliphatic rings. The molecule has 0 aliphatic carbocycles. The second-order valence-corrected chi connectivity index (χ2v) is 19.2. The summed E-state index contributed by atoms with van der Waals surface area (Å²) in [5.41, 5.74) is 0. The van der Waals surface area contributed by atoms with Crippen molar-refractivity contribution in [3.63, 3.8) is 0 Å². The average Bonchev–Trinajstić information content (AvgIpc) is 2.87. The maximum Gasteiger partial charge on any atom is 0.160 e. The Balaban J connectivity index is 4.83. The van der Waals surface area contributed by atoms with Crippen molar-refractivity contribution in [2.75, 3.05) is 13.2 Å².